The largest absolute Gasteiger partial charge is 0.394 e. The second-order valence-corrected chi connectivity index (χ2v) is 4.53. The maximum absolute atomic E-state index is 11.6. The summed E-state index contributed by atoms with van der Waals surface area (Å²) in [6.07, 6.45) is 0. The van der Waals surface area contributed by atoms with Crippen molar-refractivity contribution < 1.29 is 0 Å². The molecule has 5 heteroatoms. The van der Waals surface area contributed by atoms with E-state index in [-0.39, 0.29) is 11.2 Å². The lowest BCUT2D eigenvalue weighted by Crippen LogP contribution is -2.24. The molecule has 0 aliphatic heterocycles. The molecule has 17 heavy (non-hydrogen) atoms. The molecule has 0 aliphatic rings. The standard InChI is InChI=1S/C12H12BrN3O/c1-2-16-12(17)10(14)7-11(15-16)8-4-3-5-9(13)6-8/h3-7H,2,14H2,1H3. The molecule has 0 atom stereocenters. The molecule has 1 heterocycles. The fourth-order valence-electron chi connectivity index (χ4n) is 1.57. The van der Waals surface area contributed by atoms with E-state index >= 15 is 0 Å². The Morgan fingerprint density at radius 3 is 2.82 bits per heavy atom. The van der Waals surface area contributed by atoms with Crippen LogP contribution in [-0.2, 0) is 6.54 Å². The molecule has 0 aliphatic carbocycles. The zero-order valence-corrected chi connectivity index (χ0v) is 10.9. The highest BCUT2D eigenvalue weighted by atomic mass is 79.9. The summed E-state index contributed by atoms with van der Waals surface area (Å²) in [5.41, 5.74) is 7.29. The normalized spacial score (nSPS) is 10.5. The molecule has 0 amide bonds. The van der Waals surface area contributed by atoms with Gasteiger partial charge in [0.05, 0.1) is 5.69 Å². The van der Waals surface area contributed by atoms with E-state index in [1.54, 1.807) is 6.07 Å². The molecule has 2 aromatic rings. The van der Waals surface area contributed by atoms with E-state index < -0.39 is 0 Å². The number of benzene rings is 1. The van der Waals surface area contributed by atoms with Gasteiger partial charge in [-0.25, -0.2) is 4.68 Å². The van der Waals surface area contributed by atoms with Crippen molar-refractivity contribution in [3.63, 3.8) is 0 Å². The number of hydrogen-bond acceptors (Lipinski definition) is 3. The molecule has 1 aromatic heterocycles. The summed E-state index contributed by atoms with van der Waals surface area (Å²) >= 11 is 3.40. The van der Waals surface area contributed by atoms with Crippen molar-refractivity contribution in [3.8, 4) is 11.3 Å². The van der Waals surface area contributed by atoms with Crippen LogP contribution in [0.1, 0.15) is 6.92 Å². The first kappa shape index (κ1) is 11.9. The second kappa shape index (κ2) is 4.71. The van der Waals surface area contributed by atoms with Gasteiger partial charge in [-0.2, -0.15) is 5.10 Å². The Balaban J connectivity index is 2.61. The van der Waals surface area contributed by atoms with Crippen molar-refractivity contribution in [2.75, 3.05) is 5.73 Å². The molecule has 0 bridgehead atoms. The van der Waals surface area contributed by atoms with Gasteiger partial charge in [-0.15, -0.1) is 0 Å². The fourth-order valence-corrected chi connectivity index (χ4v) is 1.96. The first-order valence-electron chi connectivity index (χ1n) is 5.25. The quantitative estimate of drug-likeness (QED) is 0.924. The van der Waals surface area contributed by atoms with Gasteiger partial charge >= 0.3 is 0 Å². The number of anilines is 1. The minimum atomic E-state index is -0.244. The monoisotopic (exact) mass is 293 g/mol. The van der Waals surface area contributed by atoms with Gasteiger partial charge in [0.15, 0.2) is 0 Å². The number of hydrogen-bond donors (Lipinski definition) is 1. The second-order valence-electron chi connectivity index (χ2n) is 3.62. The van der Waals surface area contributed by atoms with Gasteiger partial charge in [0.25, 0.3) is 5.56 Å². The van der Waals surface area contributed by atoms with Gasteiger partial charge in [0, 0.05) is 16.6 Å². The average molecular weight is 294 g/mol. The summed E-state index contributed by atoms with van der Waals surface area (Å²) < 4.78 is 2.33. The van der Waals surface area contributed by atoms with Crippen LogP contribution in [0.5, 0.6) is 0 Å². The van der Waals surface area contributed by atoms with E-state index in [9.17, 15) is 4.79 Å². The molecule has 0 unspecified atom stereocenters. The van der Waals surface area contributed by atoms with Crippen LogP contribution in [0.3, 0.4) is 0 Å². The third-order valence-electron chi connectivity index (χ3n) is 2.42. The van der Waals surface area contributed by atoms with Crippen LogP contribution < -0.4 is 11.3 Å². The van der Waals surface area contributed by atoms with Crippen LogP contribution in [0.25, 0.3) is 11.3 Å². The Labute approximate surface area is 107 Å². The Morgan fingerprint density at radius 1 is 1.41 bits per heavy atom. The van der Waals surface area contributed by atoms with Gasteiger partial charge in [0.2, 0.25) is 0 Å². The average Bonchev–Trinajstić information content (AvgIpc) is 2.32. The number of rotatable bonds is 2. The first-order valence-corrected chi connectivity index (χ1v) is 6.04. The highest BCUT2D eigenvalue weighted by molar-refractivity contribution is 9.10. The molecule has 0 spiro atoms. The van der Waals surface area contributed by atoms with Crippen molar-refractivity contribution >= 4 is 21.6 Å². The maximum atomic E-state index is 11.6. The van der Waals surface area contributed by atoms with E-state index in [2.05, 4.69) is 21.0 Å². The zero-order valence-electron chi connectivity index (χ0n) is 9.35. The van der Waals surface area contributed by atoms with Gasteiger partial charge in [-0.1, -0.05) is 28.1 Å². The lowest BCUT2D eigenvalue weighted by atomic mass is 10.1. The zero-order chi connectivity index (χ0) is 12.4. The minimum Gasteiger partial charge on any atom is -0.394 e. The molecule has 0 fully saturated rings. The van der Waals surface area contributed by atoms with E-state index in [4.69, 9.17) is 5.73 Å². The lowest BCUT2D eigenvalue weighted by molar-refractivity contribution is 0.621. The maximum Gasteiger partial charge on any atom is 0.289 e. The molecule has 0 saturated carbocycles. The number of nitrogens with zero attached hydrogens (tertiary/aromatic N) is 2. The van der Waals surface area contributed by atoms with Crippen LogP contribution in [0, 0.1) is 0 Å². The summed E-state index contributed by atoms with van der Waals surface area (Å²) in [5, 5.41) is 4.27. The van der Waals surface area contributed by atoms with Crippen LogP contribution in [0.2, 0.25) is 0 Å². The molecule has 2 rings (SSSR count). The van der Waals surface area contributed by atoms with Crippen LogP contribution >= 0.6 is 15.9 Å². The number of nitrogen functional groups attached to an aromatic ring is 1. The van der Waals surface area contributed by atoms with Gasteiger partial charge in [0.1, 0.15) is 5.69 Å². The summed E-state index contributed by atoms with van der Waals surface area (Å²) in [6.45, 7) is 2.36. The Morgan fingerprint density at radius 2 is 2.18 bits per heavy atom. The van der Waals surface area contributed by atoms with E-state index in [0.717, 1.165) is 10.0 Å². The van der Waals surface area contributed by atoms with E-state index in [1.165, 1.54) is 4.68 Å². The van der Waals surface area contributed by atoms with Crippen LogP contribution in [0.4, 0.5) is 5.69 Å². The van der Waals surface area contributed by atoms with Gasteiger partial charge in [-0.3, -0.25) is 4.79 Å². The first-order chi connectivity index (χ1) is 8.11. The Hall–Kier alpha value is -1.62. The third-order valence-corrected chi connectivity index (χ3v) is 2.92. The fraction of sp³-hybridized carbons (Fsp3) is 0.167. The predicted molar refractivity (Wildman–Crippen MR) is 71.7 cm³/mol. The van der Waals surface area contributed by atoms with Gasteiger partial charge < -0.3 is 5.73 Å². The highest BCUT2D eigenvalue weighted by Crippen LogP contribution is 2.21. The smallest absolute Gasteiger partial charge is 0.289 e. The summed E-state index contributed by atoms with van der Waals surface area (Å²) in [5.74, 6) is 0. The van der Waals surface area contributed by atoms with Gasteiger partial charge in [-0.05, 0) is 25.1 Å². The number of halogens is 1. The summed E-state index contributed by atoms with van der Waals surface area (Å²) in [4.78, 5) is 11.6. The molecule has 4 nitrogen and oxygen atoms in total. The molecule has 88 valence electrons. The summed E-state index contributed by atoms with van der Waals surface area (Å²) in [6, 6.07) is 9.32. The van der Waals surface area contributed by atoms with Crippen molar-refractivity contribution in [3.05, 3.63) is 45.2 Å². The number of aryl methyl sites for hydroxylation is 1. The molecule has 0 saturated heterocycles. The van der Waals surface area contributed by atoms with E-state index in [0.29, 0.717) is 12.2 Å². The van der Waals surface area contributed by atoms with Crippen molar-refractivity contribution in [2.45, 2.75) is 13.5 Å². The molecular weight excluding hydrogens is 282 g/mol. The predicted octanol–water partition coefficient (Wildman–Crippen LogP) is 2.27. The topological polar surface area (TPSA) is 60.9 Å². The molecule has 1 aromatic carbocycles. The van der Waals surface area contributed by atoms with E-state index in [1.807, 2.05) is 31.2 Å². The van der Waals surface area contributed by atoms with Crippen LogP contribution in [-0.4, -0.2) is 9.78 Å². The van der Waals surface area contributed by atoms with Crippen molar-refractivity contribution in [1.82, 2.24) is 9.78 Å². The van der Waals surface area contributed by atoms with Crippen molar-refractivity contribution in [1.29, 1.82) is 0 Å². The molecular formula is C12H12BrN3O. The Bertz CT molecular complexity index is 607. The molecule has 0 radical (unpaired) electrons. The summed E-state index contributed by atoms with van der Waals surface area (Å²) in [7, 11) is 0. The van der Waals surface area contributed by atoms with Crippen LogP contribution in [0.15, 0.2) is 39.6 Å². The number of aromatic nitrogens is 2. The third kappa shape index (κ3) is 2.39. The van der Waals surface area contributed by atoms with Crippen molar-refractivity contribution in [2.24, 2.45) is 0 Å². The lowest BCUT2D eigenvalue weighted by Gasteiger charge is -2.07. The Kier molecular flexibility index (Phi) is 3.28. The molecule has 2 N–H and O–H groups in total. The SMILES string of the molecule is CCn1nc(-c2cccc(Br)c2)cc(N)c1=O. The minimum absolute atomic E-state index is 0.219. The highest BCUT2D eigenvalue weighted by Gasteiger charge is 2.06. The number of nitrogens with two attached hydrogens (primary N) is 1.